The highest BCUT2D eigenvalue weighted by Gasteiger charge is 2.37. The fourth-order valence-electron chi connectivity index (χ4n) is 4.02. The molecule has 0 saturated carbocycles. The van der Waals surface area contributed by atoms with Crippen LogP contribution in [-0.2, 0) is 10.8 Å². The standard InChI is InChI=1S/C24H30O5/c1-23(2)10-11-24(3,4)19-12-15(6-9-18(19)23)20(25)14-29-16-7-8-17(22(26)27)21(13-16)28-5/h6-9,12-13,20,25H,10-11,14H2,1-5H3,(H,26,27). The minimum Gasteiger partial charge on any atom is -0.496 e. The molecular weight excluding hydrogens is 368 g/mol. The van der Waals surface area contributed by atoms with E-state index in [1.54, 1.807) is 6.07 Å². The molecule has 0 amide bonds. The number of aromatic carboxylic acids is 1. The van der Waals surface area contributed by atoms with E-state index in [1.165, 1.54) is 30.4 Å². The molecule has 1 unspecified atom stereocenters. The van der Waals surface area contributed by atoms with Crippen molar-refractivity contribution < 1.29 is 24.5 Å². The number of hydrogen-bond donors (Lipinski definition) is 2. The van der Waals surface area contributed by atoms with E-state index < -0.39 is 12.1 Å². The minimum atomic E-state index is -1.06. The molecule has 2 aromatic carbocycles. The van der Waals surface area contributed by atoms with E-state index in [2.05, 4.69) is 39.8 Å². The first kappa shape index (κ1) is 21.2. The maximum absolute atomic E-state index is 11.2. The highest BCUT2D eigenvalue weighted by atomic mass is 16.5. The topological polar surface area (TPSA) is 76.0 Å². The van der Waals surface area contributed by atoms with Gasteiger partial charge in [-0.05, 0) is 52.5 Å². The number of fused-ring (bicyclic) bond motifs is 1. The monoisotopic (exact) mass is 398 g/mol. The maximum atomic E-state index is 11.2. The number of aliphatic hydroxyl groups is 1. The largest absolute Gasteiger partial charge is 0.496 e. The van der Waals surface area contributed by atoms with Crippen molar-refractivity contribution in [1.29, 1.82) is 0 Å². The lowest BCUT2D eigenvalue weighted by atomic mass is 9.63. The van der Waals surface area contributed by atoms with Gasteiger partial charge in [0.1, 0.15) is 29.8 Å². The third kappa shape index (κ3) is 4.25. The van der Waals surface area contributed by atoms with Gasteiger partial charge in [-0.15, -0.1) is 0 Å². The molecule has 5 heteroatoms. The van der Waals surface area contributed by atoms with Crippen LogP contribution in [0.4, 0.5) is 0 Å². The summed E-state index contributed by atoms with van der Waals surface area (Å²) in [5, 5.41) is 19.9. The molecule has 0 aromatic heterocycles. The smallest absolute Gasteiger partial charge is 0.339 e. The Balaban J connectivity index is 1.78. The summed E-state index contributed by atoms with van der Waals surface area (Å²) in [5.41, 5.74) is 3.73. The maximum Gasteiger partial charge on any atom is 0.339 e. The Morgan fingerprint density at radius 1 is 1.03 bits per heavy atom. The fraction of sp³-hybridized carbons (Fsp3) is 0.458. The van der Waals surface area contributed by atoms with Gasteiger partial charge in [0.05, 0.1) is 7.11 Å². The lowest BCUT2D eigenvalue weighted by Gasteiger charge is -2.42. The van der Waals surface area contributed by atoms with Gasteiger partial charge in [0.2, 0.25) is 0 Å². The lowest BCUT2D eigenvalue weighted by Crippen LogP contribution is -2.34. The first-order valence-electron chi connectivity index (χ1n) is 9.92. The number of ether oxygens (including phenoxy) is 2. The second kappa shape index (κ2) is 7.71. The van der Waals surface area contributed by atoms with Gasteiger partial charge in [-0.1, -0.05) is 45.9 Å². The predicted octanol–water partition coefficient (Wildman–Crippen LogP) is 4.85. The molecule has 5 nitrogen and oxygen atoms in total. The van der Waals surface area contributed by atoms with Crippen molar-refractivity contribution in [3.05, 3.63) is 58.7 Å². The molecule has 0 spiro atoms. The average Bonchev–Trinajstić information content (AvgIpc) is 2.69. The summed E-state index contributed by atoms with van der Waals surface area (Å²) in [6.07, 6.45) is 1.47. The van der Waals surface area contributed by atoms with Crippen molar-refractivity contribution in [2.45, 2.75) is 57.5 Å². The van der Waals surface area contributed by atoms with Crippen LogP contribution in [0.3, 0.4) is 0 Å². The zero-order valence-corrected chi connectivity index (χ0v) is 17.8. The molecule has 0 fully saturated rings. The van der Waals surface area contributed by atoms with Gasteiger partial charge in [-0.2, -0.15) is 0 Å². The van der Waals surface area contributed by atoms with E-state index in [1.807, 2.05) is 6.07 Å². The summed E-state index contributed by atoms with van der Waals surface area (Å²) in [7, 11) is 1.41. The van der Waals surface area contributed by atoms with Crippen LogP contribution in [0.2, 0.25) is 0 Å². The van der Waals surface area contributed by atoms with Crippen molar-refractivity contribution in [1.82, 2.24) is 0 Å². The van der Waals surface area contributed by atoms with Gasteiger partial charge >= 0.3 is 5.97 Å². The molecule has 0 saturated heterocycles. The summed E-state index contributed by atoms with van der Waals surface area (Å²) in [5.74, 6) is -0.388. The van der Waals surface area contributed by atoms with Gasteiger partial charge < -0.3 is 19.7 Å². The summed E-state index contributed by atoms with van der Waals surface area (Å²) < 4.78 is 10.8. The Morgan fingerprint density at radius 2 is 1.69 bits per heavy atom. The molecule has 0 heterocycles. The van der Waals surface area contributed by atoms with Gasteiger partial charge in [-0.25, -0.2) is 4.79 Å². The predicted molar refractivity (Wildman–Crippen MR) is 112 cm³/mol. The van der Waals surface area contributed by atoms with Gasteiger partial charge in [0.15, 0.2) is 0 Å². The van der Waals surface area contributed by atoms with E-state index in [0.29, 0.717) is 5.75 Å². The third-order valence-electron chi connectivity index (χ3n) is 6.07. The van der Waals surface area contributed by atoms with E-state index >= 15 is 0 Å². The fourth-order valence-corrected chi connectivity index (χ4v) is 4.02. The van der Waals surface area contributed by atoms with Crippen LogP contribution in [0.15, 0.2) is 36.4 Å². The Kier molecular flexibility index (Phi) is 5.63. The number of methoxy groups -OCH3 is 1. The summed E-state index contributed by atoms with van der Waals surface area (Å²) in [6, 6.07) is 10.8. The Hall–Kier alpha value is -2.53. The number of carbonyl (C=O) groups is 1. The average molecular weight is 398 g/mol. The van der Waals surface area contributed by atoms with Crippen LogP contribution < -0.4 is 9.47 Å². The summed E-state index contributed by atoms with van der Waals surface area (Å²) >= 11 is 0. The van der Waals surface area contributed by atoms with Crippen molar-refractivity contribution >= 4 is 5.97 Å². The number of carboxylic acid groups (broad SMARTS) is 1. The van der Waals surface area contributed by atoms with Gasteiger partial charge in [0.25, 0.3) is 0 Å². The quantitative estimate of drug-likeness (QED) is 0.727. The zero-order valence-electron chi connectivity index (χ0n) is 17.8. The Morgan fingerprint density at radius 3 is 2.31 bits per heavy atom. The molecule has 0 radical (unpaired) electrons. The van der Waals surface area contributed by atoms with Crippen LogP contribution in [0.5, 0.6) is 11.5 Å². The molecule has 0 aliphatic heterocycles. The van der Waals surface area contributed by atoms with Crippen molar-refractivity contribution in [3.63, 3.8) is 0 Å². The molecule has 0 bridgehead atoms. The molecule has 1 atom stereocenters. The first-order chi connectivity index (χ1) is 13.5. The molecule has 3 rings (SSSR count). The highest BCUT2D eigenvalue weighted by Crippen LogP contribution is 2.46. The van der Waals surface area contributed by atoms with E-state index in [-0.39, 0.29) is 28.7 Å². The second-order valence-electron chi connectivity index (χ2n) is 9.07. The first-order valence-corrected chi connectivity index (χ1v) is 9.92. The Bertz CT molecular complexity index is 913. The van der Waals surface area contributed by atoms with Crippen LogP contribution in [0.25, 0.3) is 0 Å². The van der Waals surface area contributed by atoms with Gasteiger partial charge in [0, 0.05) is 6.07 Å². The number of aliphatic hydroxyl groups excluding tert-OH is 1. The number of hydrogen-bond acceptors (Lipinski definition) is 4. The molecule has 1 aliphatic rings. The van der Waals surface area contributed by atoms with Gasteiger partial charge in [-0.3, -0.25) is 0 Å². The number of carboxylic acids is 1. The molecule has 156 valence electrons. The Labute approximate surface area is 172 Å². The van der Waals surface area contributed by atoms with Crippen molar-refractivity contribution in [2.24, 2.45) is 0 Å². The highest BCUT2D eigenvalue weighted by molar-refractivity contribution is 5.91. The number of rotatable bonds is 6. The molecule has 2 N–H and O–H groups in total. The number of benzene rings is 2. The summed E-state index contributed by atoms with van der Waals surface area (Å²) in [4.78, 5) is 11.2. The normalized spacial score (nSPS) is 17.9. The van der Waals surface area contributed by atoms with E-state index in [4.69, 9.17) is 14.6 Å². The SMILES string of the molecule is COc1cc(OCC(O)c2ccc3c(c2)C(C)(C)CCC3(C)C)ccc1C(=O)O. The molecule has 29 heavy (non-hydrogen) atoms. The van der Waals surface area contributed by atoms with Crippen LogP contribution >= 0.6 is 0 Å². The van der Waals surface area contributed by atoms with Crippen LogP contribution in [-0.4, -0.2) is 29.9 Å². The zero-order chi connectivity index (χ0) is 21.4. The lowest BCUT2D eigenvalue weighted by molar-refractivity contribution is 0.0693. The van der Waals surface area contributed by atoms with Crippen molar-refractivity contribution in [3.8, 4) is 11.5 Å². The van der Waals surface area contributed by atoms with Crippen LogP contribution in [0, 0.1) is 0 Å². The molecular formula is C24H30O5. The summed E-state index contributed by atoms with van der Waals surface area (Å²) in [6.45, 7) is 9.12. The van der Waals surface area contributed by atoms with Crippen molar-refractivity contribution in [2.75, 3.05) is 13.7 Å². The molecule has 2 aromatic rings. The van der Waals surface area contributed by atoms with E-state index in [0.717, 1.165) is 18.4 Å². The van der Waals surface area contributed by atoms with E-state index in [9.17, 15) is 9.90 Å². The third-order valence-corrected chi connectivity index (χ3v) is 6.07. The molecule has 1 aliphatic carbocycles. The van der Waals surface area contributed by atoms with Crippen LogP contribution in [0.1, 0.15) is 73.7 Å². The second-order valence-corrected chi connectivity index (χ2v) is 9.07. The minimum absolute atomic E-state index is 0.0676.